The Morgan fingerprint density at radius 2 is 0.623 bits per heavy atom. The highest BCUT2D eigenvalue weighted by molar-refractivity contribution is 5.86. The van der Waals surface area contributed by atoms with Gasteiger partial charge in [-0.2, -0.15) is 0 Å². The predicted octanol–water partition coefficient (Wildman–Crippen LogP) is -0.0292. The molecule has 61 heavy (non-hydrogen) atoms. The first-order valence-electron chi connectivity index (χ1n) is 16.8. The maximum atomic E-state index is 10.5. The molecular formula is C39H64O22. The van der Waals surface area contributed by atoms with Crippen LogP contribution in [0.2, 0.25) is 0 Å². The van der Waals surface area contributed by atoms with Crippen molar-refractivity contribution in [3.63, 3.8) is 0 Å². The molecule has 352 valence electrons. The van der Waals surface area contributed by atoms with Crippen LogP contribution in [0.1, 0.15) is 34.6 Å². The van der Waals surface area contributed by atoms with E-state index in [-0.39, 0.29) is 54.3 Å². The van der Waals surface area contributed by atoms with Crippen LogP contribution in [0, 0.1) is 10.8 Å². The summed E-state index contributed by atoms with van der Waals surface area (Å²) in [6.07, 6.45) is 0.910. The average Bonchev–Trinajstić information content (AvgIpc) is 3.20. The number of aliphatic carboxylic acids is 5. The third-order valence-electron chi connectivity index (χ3n) is 5.82. The number of ether oxygens (including phenoxy) is 3. The molecular weight excluding hydrogens is 820 g/mol. The Balaban J connectivity index is -0.000000118. The van der Waals surface area contributed by atoms with E-state index < -0.39 is 98.4 Å². The third-order valence-corrected chi connectivity index (χ3v) is 5.82. The van der Waals surface area contributed by atoms with Crippen LogP contribution in [0.15, 0.2) is 86.1 Å². The average molecular weight is 885 g/mol. The molecule has 0 saturated carbocycles. The molecule has 22 heteroatoms. The lowest BCUT2D eigenvalue weighted by atomic mass is 9.91. The quantitative estimate of drug-likeness (QED) is 0.0532. The van der Waals surface area contributed by atoms with Crippen LogP contribution in [0.4, 0.5) is 0 Å². The Bertz CT molecular complexity index is 1160. The van der Waals surface area contributed by atoms with Gasteiger partial charge in [-0.3, -0.25) is 0 Å². The Kier molecular flexibility index (Phi) is 48.3. The summed E-state index contributed by atoms with van der Waals surface area (Å²) in [6, 6.07) is 0. The number of hydrogen-bond acceptors (Lipinski definition) is 17. The normalized spacial score (nSPS) is 9.46. The van der Waals surface area contributed by atoms with Crippen molar-refractivity contribution in [2.24, 2.45) is 10.8 Å². The minimum atomic E-state index is -1.16. The molecule has 0 unspecified atom stereocenters. The van der Waals surface area contributed by atoms with Gasteiger partial charge in [-0.25, -0.2) is 33.6 Å². The summed E-state index contributed by atoms with van der Waals surface area (Å²) in [4.78, 5) is 69.1. The summed E-state index contributed by atoms with van der Waals surface area (Å²) in [7, 11) is 0. The molecule has 0 aliphatic carbocycles. The van der Waals surface area contributed by atoms with Crippen molar-refractivity contribution in [1.82, 2.24) is 0 Å². The summed E-state index contributed by atoms with van der Waals surface area (Å²) < 4.78 is 14.1. The van der Waals surface area contributed by atoms with E-state index in [9.17, 15) is 33.6 Å². The van der Waals surface area contributed by atoms with Crippen LogP contribution in [0.25, 0.3) is 0 Å². The number of carboxylic acid groups (broad SMARTS) is 5. The molecule has 0 aliphatic heterocycles. The molecule has 0 aliphatic rings. The molecule has 0 bridgehead atoms. The second-order valence-corrected chi connectivity index (χ2v) is 12.2. The third kappa shape index (κ3) is 50.2. The van der Waals surface area contributed by atoms with Crippen molar-refractivity contribution < 1.29 is 109 Å². The number of hydrogen-bond donors (Lipinski definition) is 12. The molecule has 0 fully saturated rings. The maximum Gasteiger partial charge on any atom is 0.330 e. The molecule has 0 aromatic carbocycles. The molecule has 0 heterocycles. The van der Waals surface area contributed by atoms with E-state index in [2.05, 4.69) is 55.5 Å². The van der Waals surface area contributed by atoms with Gasteiger partial charge in [0.25, 0.3) is 0 Å². The van der Waals surface area contributed by atoms with Crippen molar-refractivity contribution in [2.45, 2.75) is 40.7 Å². The van der Waals surface area contributed by atoms with Gasteiger partial charge < -0.3 is 75.5 Å². The van der Waals surface area contributed by atoms with Gasteiger partial charge in [0.2, 0.25) is 0 Å². The Hall–Kier alpha value is -5.85. The zero-order chi connectivity index (χ0) is 50.1. The first kappa shape index (κ1) is 69.8. The van der Waals surface area contributed by atoms with Crippen molar-refractivity contribution in [3.8, 4) is 0 Å². The number of aliphatic hydroxyl groups is 7. The SMILES string of the molecule is C=C(C)C(=O)O.C=C(C)C(=O)O.C=C(C)C(=O)O.C=C(C)C(=O)O.C=C(C)C(=O)O.C=CC(=O)OCC(O)COC(=O)C=C.OCC(CO)(CO)COCC(CO)(CO)CO. The van der Waals surface area contributed by atoms with Crippen LogP contribution in [0.3, 0.4) is 0 Å². The number of rotatable bonds is 21. The molecule has 0 aromatic rings. The van der Waals surface area contributed by atoms with Crippen LogP contribution < -0.4 is 0 Å². The highest BCUT2D eigenvalue weighted by Crippen LogP contribution is 2.19. The van der Waals surface area contributed by atoms with Gasteiger partial charge in [0.05, 0.1) is 63.7 Å². The monoisotopic (exact) mass is 884 g/mol. The number of carbonyl (C=O) groups is 7. The predicted molar refractivity (Wildman–Crippen MR) is 219 cm³/mol. The number of aliphatic hydroxyl groups excluding tert-OH is 7. The van der Waals surface area contributed by atoms with Gasteiger partial charge in [-0.15, -0.1) is 0 Å². The topological polar surface area (TPSA) is 390 Å². The van der Waals surface area contributed by atoms with Gasteiger partial charge in [0.1, 0.15) is 19.3 Å². The number of carboxylic acids is 5. The summed E-state index contributed by atoms with van der Waals surface area (Å²) in [6.45, 7) is 25.9. The van der Waals surface area contributed by atoms with E-state index in [4.69, 9.17) is 66.0 Å². The summed E-state index contributed by atoms with van der Waals surface area (Å²) in [5, 5.41) is 103. The molecule has 0 aromatic heterocycles. The minimum absolute atomic E-state index is 0.141. The zero-order valence-corrected chi connectivity index (χ0v) is 35.2. The van der Waals surface area contributed by atoms with Crippen molar-refractivity contribution in [1.29, 1.82) is 0 Å². The summed E-state index contributed by atoms with van der Waals surface area (Å²) in [5.41, 5.74) is -1.44. The van der Waals surface area contributed by atoms with E-state index >= 15 is 0 Å². The largest absolute Gasteiger partial charge is 0.478 e. The van der Waals surface area contributed by atoms with Crippen LogP contribution in [0.5, 0.6) is 0 Å². The van der Waals surface area contributed by atoms with Gasteiger partial charge >= 0.3 is 41.8 Å². The van der Waals surface area contributed by atoms with E-state index in [1.54, 1.807) is 0 Å². The standard InChI is InChI=1S/C10H22O7.C9H12O5.5C4H6O2/c11-1-9(2-12,3-13)7-17-8-10(4-14,5-15)6-16;1-3-8(11)13-5-7(10)6-14-9(12)4-2;5*1-3(2)4(5)6/h11-16H,1-8H2;3-4,7,10H,1-2,5-6H2;5*1H2,2H3,(H,5,6). The molecule has 0 atom stereocenters. The van der Waals surface area contributed by atoms with Crippen LogP contribution in [-0.2, 0) is 47.8 Å². The van der Waals surface area contributed by atoms with Crippen LogP contribution in [-0.4, -0.2) is 175 Å². The van der Waals surface area contributed by atoms with E-state index in [1.807, 2.05) is 0 Å². The fourth-order valence-electron chi connectivity index (χ4n) is 1.58. The lowest BCUT2D eigenvalue weighted by molar-refractivity contribution is -0.146. The molecule has 12 N–H and O–H groups in total. The smallest absolute Gasteiger partial charge is 0.330 e. The molecule has 22 nitrogen and oxygen atoms in total. The highest BCUT2D eigenvalue weighted by Gasteiger charge is 2.32. The fraction of sp³-hybridized carbons (Fsp3) is 0.462. The molecule has 0 amide bonds. The summed E-state index contributed by atoms with van der Waals surface area (Å²) >= 11 is 0. The van der Waals surface area contributed by atoms with Gasteiger partial charge in [-0.05, 0) is 34.6 Å². The molecule has 0 radical (unpaired) electrons. The molecule has 0 rings (SSSR count). The molecule has 0 spiro atoms. The Morgan fingerprint density at radius 3 is 0.738 bits per heavy atom. The highest BCUT2D eigenvalue weighted by atomic mass is 16.6. The fourth-order valence-corrected chi connectivity index (χ4v) is 1.58. The number of carbonyl (C=O) groups excluding carboxylic acids is 2. The second kappa shape index (κ2) is 42.3. The molecule has 0 saturated heterocycles. The van der Waals surface area contributed by atoms with Crippen molar-refractivity contribution in [3.05, 3.63) is 86.1 Å². The van der Waals surface area contributed by atoms with Crippen LogP contribution >= 0.6 is 0 Å². The summed E-state index contributed by atoms with van der Waals surface area (Å²) in [5.74, 6) is -5.96. The Labute approximate surface area is 354 Å². The maximum absolute atomic E-state index is 10.5. The number of esters is 2. The van der Waals surface area contributed by atoms with Crippen molar-refractivity contribution in [2.75, 3.05) is 66.1 Å². The van der Waals surface area contributed by atoms with E-state index in [1.165, 1.54) is 34.6 Å². The second-order valence-electron chi connectivity index (χ2n) is 12.2. The first-order chi connectivity index (χ1) is 27.9. The van der Waals surface area contributed by atoms with E-state index in [0.717, 1.165) is 12.2 Å². The lowest BCUT2D eigenvalue weighted by Gasteiger charge is -2.31. The minimum Gasteiger partial charge on any atom is -0.478 e. The van der Waals surface area contributed by atoms with Gasteiger partial charge in [0, 0.05) is 40.0 Å². The first-order valence-corrected chi connectivity index (χ1v) is 16.8. The zero-order valence-electron chi connectivity index (χ0n) is 35.2. The van der Waals surface area contributed by atoms with Gasteiger partial charge in [-0.1, -0.05) is 46.1 Å². The van der Waals surface area contributed by atoms with Gasteiger partial charge in [0.15, 0.2) is 0 Å². The van der Waals surface area contributed by atoms with E-state index in [0.29, 0.717) is 0 Å². The van der Waals surface area contributed by atoms with Crippen molar-refractivity contribution >= 4 is 41.8 Å². The lowest BCUT2D eigenvalue weighted by Crippen LogP contribution is -2.43. The Morgan fingerprint density at radius 1 is 0.459 bits per heavy atom.